The molecule has 2 heterocycles. The number of hydrogen-bond acceptors (Lipinski definition) is 3. The molecule has 2 aliphatic heterocycles. The molecule has 0 aliphatic carbocycles. The second kappa shape index (κ2) is 6.61. The van der Waals surface area contributed by atoms with Gasteiger partial charge in [0.25, 0.3) is 0 Å². The van der Waals surface area contributed by atoms with Crippen molar-refractivity contribution in [1.29, 1.82) is 0 Å². The fourth-order valence-electron chi connectivity index (χ4n) is 3.45. The Morgan fingerprint density at radius 3 is 2.70 bits per heavy atom. The predicted molar refractivity (Wildman–Crippen MR) is 98.5 cm³/mol. The predicted octanol–water partition coefficient (Wildman–Crippen LogP) is 4.89. The van der Waals surface area contributed by atoms with Crippen LogP contribution in [0.5, 0.6) is 5.75 Å². The lowest BCUT2D eigenvalue weighted by Crippen LogP contribution is -2.25. The summed E-state index contributed by atoms with van der Waals surface area (Å²) in [5.74, 6) is 0.818. The molecule has 0 saturated heterocycles. The van der Waals surface area contributed by atoms with Crippen LogP contribution in [0.2, 0.25) is 0 Å². The smallest absolute Gasteiger partial charge is 0.416 e. The molecule has 4 rings (SSSR count). The normalized spacial score (nSPS) is 16.1. The quantitative estimate of drug-likeness (QED) is 0.752. The first-order chi connectivity index (χ1) is 13.0. The minimum Gasteiger partial charge on any atom is -0.496 e. The molecule has 0 unspecified atom stereocenters. The second-order valence-electron chi connectivity index (χ2n) is 6.35. The molecular weight excluding hydrogens is 353 g/mol. The molecule has 138 valence electrons. The minimum atomic E-state index is -4.39. The van der Waals surface area contributed by atoms with Crippen molar-refractivity contribution in [2.45, 2.75) is 12.6 Å². The molecule has 2 aromatic rings. The lowest BCUT2D eigenvalue weighted by atomic mass is 9.94. The van der Waals surface area contributed by atoms with Crippen LogP contribution >= 0.6 is 0 Å². The first-order valence-electron chi connectivity index (χ1n) is 8.54. The van der Waals surface area contributed by atoms with Crippen LogP contribution in [-0.2, 0) is 12.6 Å². The molecular formula is C21H17F3N2O. The maximum atomic E-state index is 13.1. The number of alkyl halides is 3. The summed E-state index contributed by atoms with van der Waals surface area (Å²) in [6.45, 7) is 0.751. The number of halogens is 3. The lowest BCUT2D eigenvalue weighted by Gasteiger charge is -2.31. The van der Waals surface area contributed by atoms with Crippen LogP contribution in [0.4, 0.5) is 13.2 Å². The number of fused-ring (bicyclic) bond motifs is 3. The van der Waals surface area contributed by atoms with Crippen LogP contribution in [0.25, 0.3) is 5.70 Å². The van der Waals surface area contributed by atoms with E-state index in [0.717, 1.165) is 47.7 Å². The molecule has 0 amide bonds. The van der Waals surface area contributed by atoms with Crippen molar-refractivity contribution in [2.24, 2.45) is 4.99 Å². The number of rotatable bonds is 2. The summed E-state index contributed by atoms with van der Waals surface area (Å²) in [5, 5.41) is 0. The highest BCUT2D eigenvalue weighted by atomic mass is 19.4. The third-order valence-electron chi connectivity index (χ3n) is 4.76. The topological polar surface area (TPSA) is 24.8 Å². The van der Waals surface area contributed by atoms with Crippen LogP contribution in [0, 0.1) is 0 Å². The number of allylic oxidation sites excluding steroid dienone is 1. The van der Waals surface area contributed by atoms with Gasteiger partial charge in [-0.25, -0.2) is 0 Å². The monoisotopic (exact) mass is 370 g/mol. The van der Waals surface area contributed by atoms with E-state index in [1.54, 1.807) is 19.4 Å². The zero-order valence-electron chi connectivity index (χ0n) is 14.6. The SMILES string of the molecule is COc1cccc2c1CCN1C=CN=C(c3cccc(C(F)(F)F)c3)C=C21. The zero-order chi connectivity index (χ0) is 19.0. The standard InChI is InChI=1S/C21H17F3N2O/c1-27-20-7-3-6-16-17(20)8-10-26-11-9-25-18(13-19(16)26)14-4-2-5-15(12-14)21(22,23)24/h2-7,9,11-13H,8,10H2,1H3. The van der Waals surface area contributed by atoms with E-state index in [4.69, 9.17) is 4.74 Å². The second-order valence-corrected chi connectivity index (χ2v) is 6.35. The average molecular weight is 370 g/mol. The van der Waals surface area contributed by atoms with Crippen molar-refractivity contribution in [3.05, 3.63) is 83.2 Å². The Labute approximate surface area is 155 Å². The molecule has 6 heteroatoms. The van der Waals surface area contributed by atoms with E-state index in [1.165, 1.54) is 6.07 Å². The van der Waals surface area contributed by atoms with Gasteiger partial charge in [-0.05, 0) is 30.7 Å². The Hall–Kier alpha value is -3.02. The van der Waals surface area contributed by atoms with E-state index in [1.807, 2.05) is 30.5 Å². The summed E-state index contributed by atoms with van der Waals surface area (Å²) in [6.07, 6.45) is 1.76. The number of benzene rings is 2. The van der Waals surface area contributed by atoms with Crippen molar-refractivity contribution in [2.75, 3.05) is 13.7 Å². The molecule has 0 radical (unpaired) electrons. The molecule has 0 bridgehead atoms. The summed E-state index contributed by atoms with van der Waals surface area (Å²) in [7, 11) is 1.64. The van der Waals surface area contributed by atoms with Gasteiger partial charge in [-0.15, -0.1) is 0 Å². The van der Waals surface area contributed by atoms with Crippen LogP contribution in [-0.4, -0.2) is 24.3 Å². The Kier molecular flexibility index (Phi) is 4.26. The molecule has 2 aromatic carbocycles. The Balaban J connectivity index is 1.81. The van der Waals surface area contributed by atoms with Gasteiger partial charge in [0.2, 0.25) is 0 Å². The van der Waals surface area contributed by atoms with E-state index in [2.05, 4.69) is 9.89 Å². The van der Waals surface area contributed by atoms with Crippen LogP contribution < -0.4 is 4.74 Å². The van der Waals surface area contributed by atoms with E-state index >= 15 is 0 Å². The third kappa shape index (κ3) is 3.23. The van der Waals surface area contributed by atoms with Crippen molar-refractivity contribution in [3.63, 3.8) is 0 Å². The zero-order valence-corrected chi connectivity index (χ0v) is 14.6. The van der Waals surface area contributed by atoms with Gasteiger partial charge in [0, 0.05) is 35.6 Å². The summed E-state index contributed by atoms with van der Waals surface area (Å²) in [5.41, 5.74) is 3.24. The maximum Gasteiger partial charge on any atom is 0.416 e. The van der Waals surface area contributed by atoms with Gasteiger partial charge in [0.05, 0.1) is 24.1 Å². The van der Waals surface area contributed by atoms with Gasteiger partial charge in [-0.3, -0.25) is 4.99 Å². The van der Waals surface area contributed by atoms with Crippen LogP contribution in [0.15, 0.2) is 65.9 Å². The summed E-state index contributed by atoms with van der Waals surface area (Å²) >= 11 is 0. The van der Waals surface area contributed by atoms with E-state index in [9.17, 15) is 13.2 Å². The fraction of sp³-hybridized carbons (Fsp3) is 0.190. The molecule has 0 atom stereocenters. The van der Waals surface area contributed by atoms with E-state index < -0.39 is 11.7 Å². The molecule has 27 heavy (non-hydrogen) atoms. The van der Waals surface area contributed by atoms with Crippen molar-refractivity contribution < 1.29 is 17.9 Å². The van der Waals surface area contributed by atoms with Gasteiger partial charge >= 0.3 is 6.18 Å². The van der Waals surface area contributed by atoms with E-state index in [0.29, 0.717) is 11.3 Å². The molecule has 0 aromatic heterocycles. The lowest BCUT2D eigenvalue weighted by molar-refractivity contribution is -0.137. The highest BCUT2D eigenvalue weighted by Crippen LogP contribution is 2.36. The highest BCUT2D eigenvalue weighted by Gasteiger charge is 2.31. The van der Waals surface area contributed by atoms with Crippen LogP contribution in [0.3, 0.4) is 0 Å². The molecule has 0 N–H and O–H groups in total. The first kappa shape index (κ1) is 17.4. The molecule has 0 fully saturated rings. The molecule has 3 nitrogen and oxygen atoms in total. The van der Waals surface area contributed by atoms with E-state index in [-0.39, 0.29) is 0 Å². The molecule has 2 aliphatic rings. The van der Waals surface area contributed by atoms with Gasteiger partial charge in [0.15, 0.2) is 0 Å². The van der Waals surface area contributed by atoms with Crippen molar-refractivity contribution >= 4 is 11.4 Å². The number of nitrogens with zero attached hydrogens (tertiary/aromatic N) is 2. The van der Waals surface area contributed by atoms with Gasteiger partial charge in [-0.1, -0.05) is 24.3 Å². The Morgan fingerprint density at radius 2 is 1.93 bits per heavy atom. The van der Waals surface area contributed by atoms with Gasteiger partial charge in [0.1, 0.15) is 5.75 Å². The fourth-order valence-corrected chi connectivity index (χ4v) is 3.45. The summed E-state index contributed by atoms with van der Waals surface area (Å²) in [4.78, 5) is 6.44. The number of ether oxygens (including phenoxy) is 1. The number of aliphatic imine (C=N–C) groups is 1. The Bertz CT molecular complexity index is 974. The van der Waals surface area contributed by atoms with Crippen molar-refractivity contribution in [1.82, 2.24) is 4.90 Å². The summed E-state index contributed by atoms with van der Waals surface area (Å²) in [6, 6.07) is 11.1. The Morgan fingerprint density at radius 1 is 1.11 bits per heavy atom. The third-order valence-corrected chi connectivity index (χ3v) is 4.76. The van der Waals surface area contributed by atoms with Crippen LogP contribution in [0.1, 0.15) is 22.3 Å². The minimum absolute atomic E-state index is 0.429. The highest BCUT2D eigenvalue weighted by molar-refractivity contribution is 6.13. The maximum absolute atomic E-state index is 13.1. The number of hydrogen-bond donors (Lipinski definition) is 0. The first-order valence-corrected chi connectivity index (χ1v) is 8.54. The number of methoxy groups -OCH3 is 1. The van der Waals surface area contributed by atoms with Gasteiger partial charge in [-0.2, -0.15) is 13.2 Å². The van der Waals surface area contributed by atoms with Crippen molar-refractivity contribution in [3.8, 4) is 5.75 Å². The van der Waals surface area contributed by atoms with Gasteiger partial charge < -0.3 is 9.64 Å². The molecule has 0 spiro atoms. The average Bonchev–Trinajstić information content (AvgIpc) is 2.89. The summed E-state index contributed by atoms with van der Waals surface area (Å²) < 4.78 is 44.7. The largest absolute Gasteiger partial charge is 0.496 e. The molecule has 0 saturated carbocycles.